The quantitative estimate of drug-likeness (QED) is 0.358. The Morgan fingerprint density at radius 2 is 2.03 bits per heavy atom. The molecule has 0 spiro atoms. The second-order valence-electron chi connectivity index (χ2n) is 8.08. The van der Waals surface area contributed by atoms with Gasteiger partial charge < -0.3 is 19.9 Å². The maximum Gasteiger partial charge on any atom is 0.252 e. The van der Waals surface area contributed by atoms with E-state index in [-0.39, 0.29) is 25.0 Å². The molecule has 6 nitrogen and oxygen atoms in total. The zero-order valence-electron chi connectivity index (χ0n) is 18.7. The van der Waals surface area contributed by atoms with Crippen LogP contribution in [0.25, 0.3) is 0 Å². The standard InChI is InChI=1S/C25H28Cl2N2O4/c1-4-12-25(24(31)28-16(2)3)22(20-11-8-18(26)15-21(20)27)33-23(29-25)17-6-9-19(10-7-17)32-14-5-13-30/h4,6-11,15-16,22,30H,1,5,12-14H2,2-3H3,(H,28,31)/t22-,25-/m1/s1. The van der Waals surface area contributed by atoms with Crippen LogP contribution in [-0.4, -0.2) is 41.7 Å². The fraction of sp³-hybridized carbons (Fsp3) is 0.360. The number of ether oxygens (including phenoxy) is 2. The van der Waals surface area contributed by atoms with Crippen LogP contribution in [0, 0.1) is 0 Å². The van der Waals surface area contributed by atoms with Crippen LogP contribution >= 0.6 is 23.2 Å². The van der Waals surface area contributed by atoms with E-state index in [2.05, 4.69) is 11.9 Å². The molecule has 0 aliphatic carbocycles. The fourth-order valence-corrected chi connectivity index (χ4v) is 4.12. The van der Waals surface area contributed by atoms with Gasteiger partial charge in [0.15, 0.2) is 11.6 Å². The van der Waals surface area contributed by atoms with Crippen molar-refractivity contribution in [2.45, 2.75) is 44.4 Å². The summed E-state index contributed by atoms with van der Waals surface area (Å²) in [6, 6.07) is 12.2. The SMILES string of the molecule is C=CC[C@@]1(C(=O)NC(C)C)N=C(c2ccc(OCCCO)cc2)O[C@@H]1c1ccc(Cl)cc1Cl. The second kappa shape index (κ2) is 11.1. The molecule has 0 unspecified atom stereocenters. The largest absolute Gasteiger partial charge is 0.494 e. The third-order valence-corrected chi connectivity index (χ3v) is 5.71. The Bertz CT molecular complexity index is 1020. The number of aliphatic hydroxyl groups excluding tert-OH is 1. The Morgan fingerprint density at radius 3 is 2.64 bits per heavy atom. The third kappa shape index (κ3) is 5.69. The first kappa shape index (κ1) is 25.1. The summed E-state index contributed by atoms with van der Waals surface area (Å²) in [6.45, 7) is 8.11. The van der Waals surface area contributed by atoms with Gasteiger partial charge in [-0.05, 0) is 50.2 Å². The molecule has 0 saturated carbocycles. The van der Waals surface area contributed by atoms with Crippen molar-refractivity contribution in [2.24, 2.45) is 4.99 Å². The maximum atomic E-state index is 13.5. The minimum absolute atomic E-state index is 0.0706. The van der Waals surface area contributed by atoms with Crippen LogP contribution in [0.15, 0.2) is 60.1 Å². The lowest BCUT2D eigenvalue weighted by atomic mass is 9.84. The van der Waals surface area contributed by atoms with Crippen molar-refractivity contribution in [2.75, 3.05) is 13.2 Å². The number of nitrogens with zero attached hydrogens (tertiary/aromatic N) is 1. The molecule has 0 fully saturated rings. The van der Waals surface area contributed by atoms with E-state index < -0.39 is 11.6 Å². The maximum absolute atomic E-state index is 13.5. The van der Waals surface area contributed by atoms with Crippen molar-refractivity contribution in [1.29, 1.82) is 0 Å². The molecule has 0 bridgehead atoms. The van der Waals surface area contributed by atoms with Gasteiger partial charge in [0.25, 0.3) is 5.91 Å². The summed E-state index contributed by atoms with van der Waals surface area (Å²) in [5, 5.41) is 12.8. The van der Waals surface area contributed by atoms with Gasteiger partial charge in [0.1, 0.15) is 5.75 Å². The zero-order valence-corrected chi connectivity index (χ0v) is 20.2. The molecule has 8 heteroatoms. The first-order chi connectivity index (χ1) is 15.8. The van der Waals surface area contributed by atoms with Gasteiger partial charge in [0.2, 0.25) is 5.90 Å². The van der Waals surface area contributed by atoms with Gasteiger partial charge in [0, 0.05) is 46.7 Å². The van der Waals surface area contributed by atoms with Gasteiger partial charge in [-0.1, -0.05) is 35.3 Å². The predicted molar refractivity (Wildman–Crippen MR) is 131 cm³/mol. The highest BCUT2D eigenvalue weighted by Crippen LogP contribution is 2.45. The van der Waals surface area contributed by atoms with Crippen LogP contribution in [0.1, 0.15) is 43.9 Å². The molecule has 1 aliphatic heterocycles. The highest BCUT2D eigenvalue weighted by molar-refractivity contribution is 6.35. The molecule has 0 aromatic heterocycles. The lowest BCUT2D eigenvalue weighted by Gasteiger charge is -2.31. The summed E-state index contributed by atoms with van der Waals surface area (Å²) in [6.07, 6.45) is 1.69. The molecule has 2 N–H and O–H groups in total. The van der Waals surface area contributed by atoms with Crippen molar-refractivity contribution in [3.05, 3.63) is 76.3 Å². The van der Waals surface area contributed by atoms with Crippen LogP contribution in [0.3, 0.4) is 0 Å². The molecular formula is C25H28Cl2N2O4. The molecule has 33 heavy (non-hydrogen) atoms. The van der Waals surface area contributed by atoms with E-state index in [0.717, 1.165) is 0 Å². The smallest absolute Gasteiger partial charge is 0.252 e. The van der Waals surface area contributed by atoms with E-state index in [9.17, 15) is 4.79 Å². The number of amides is 1. The van der Waals surface area contributed by atoms with Crippen LogP contribution in [0.4, 0.5) is 0 Å². The topological polar surface area (TPSA) is 80.2 Å². The second-order valence-corrected chi connectivity index (χ2v) is 8.92. The van der Waals surface area contributed by atoms with E-state index >= 15 is 0 Å². The number of aliphatic hydroxyl groups is 1. The van der Waals surface area contributed by atoms with Crippen LogP contribution in [0.2, 0.25) is 10.0 Å². The van der Waals surface area contributed by atoms with Crippen LogP contribution in [-0.2, 0) is 9.53 Å². The fourth-order valence-electron chi connectivity index (χ4n) is 3.61. The van der Waals surface area contributed by atoms with Gasteiger partial charge in [-0.15, -0.1) is 6.58 Å². The normalized spacial score (nSPS) is 19.7. The Morgan fingerprint density at radius 1 is 1.30 bits per heavy atom. The lowest BCUT2D eigenvalue weighted by Crippen LogP contribution is -2.50. The summed E-state index contributed by atoms with van der Waals surface area (Å²) in [5.41, 5.74) is 0.0298. The monoisotopic (exact) mass is 490 g/mol. The Labute approximate surface area is 204 Å². The molecule has 1 aliphatic rings. The minimum Gasteiger partial charge on any atom is -0.494 e. The number of benzene rings is 2. The van der Waals surface area contributed by atoms with Gasteiger partial charge in [-0.25, -0.2) is 4.99 Å². The lowest BCUT2D eigenvalue weighted by molar-refractivity contribution is -0.129. The average Bonchev–Trinajstić information content (AvgIpc) is 3.15. The average molecular weight is 491 g/mol. The Kier molecular flexibility index (Phi) is 8.40. The molecule has 1 amide bonds. The number of carbonyl (C=O) groups is 1. The zero-order chi connectivity index (χ0) is 24.0. The minimum atomic E-state index is -1.28. The van der Waals surface area contributed by atoms with E-state index in [0.29, 0.717) is 45.8 Å². The van der Waals surface area contributed by atoms with Gasteiger partial charge >= 0.3 is 0 Å². The molecule has 176 valence electrons. The highest BCUT2D eigenvalue weighted by atomic mass is 35.5. The number of rotatable bonds is 10. The Balaban J connectivity index is 2.02. The van der Waals surface area contributed by atoms with Crippen LogP contribution in [0.5, 0.6) is 5.75 Å². The van der Waals surface area contributed by atoms with Crippen LogP contribution < -0.4 is 10.1 Å². The van der Waals surface area contributed by atoms with Crippen molar-refractivity contribution in [3.63, 3.8) is 0 Å². The van der Waals surface area contributed by atoms with E-state index in [1.54, 1.807) is 36.4 Å². The third-order valence-electron chi connectivity index (χ3n) is 5.15. The number of hydrogen-bond acceptors (Lipinski definition) is 5. The van der Waals surface area contributed by atoms with Gasteiger partial charge in [-0.3, -0.25) is 4.79 Å². The van der Waals surface area contributed by atoms with Crippen molar-refractivity contribution >= 4 is 35.0 Å². The molecule has 2 aromatic rings. The molecule has 3 rings (SSSR count). The summed E-state index contributed by atoms with van der Waals surface area (Å²) in [5.74, 6) is 0.721. The van der Waals surface area contributed by atoms with Crippen molar-refractivity contribution in [1.82, 2.24) is 5.32 Å². The van der Waals surface area contributed by atoms with Gasteiger partial charge in [0.05, 0.1) is 6.61 Å². The Hall–Kier alpha value is -2.54. The predicted octanol–water partition coefficient (Wildman–Crippen LogP) is 5.11. The van der Waals surface area contributed by atoms with Crippen molar-refractivity contribution in [3.8, 4) is 5.75 Å². The molecule has 0 saturated heterocycles. The van der Waals surface area contributed by atoms with E-state index in [4.69, 9.17) is 42.8 Å². The summed E-state index contributed by atoms with van der Waals surface area (Å²) in [7, 11) is 0. The molecular weight excluding hydrogens is 463 g/mol. The number of halogens is 2. The van der Waals surface area contributed by atoms with E-state index in [1.165, 1.54) is 0 Å². The summed E-state index contributed by atoms with van der Waals surface area (Å²) in [4.78, 5) is 18.3. The number of hydrogen-bond donors (Lipinski definition) is 2. The first-order valence-electron chi connectivity index (χ1n) is 10.8. The number of aliphatic imine (C=N–C) groups is 1. The molecule has 0 radical (unpaired) electrons. The first-order valence-corrected chi connectivity index (χ1v) is 11.5. The molecule has 1 heterocycles. The number of carbonyl (C=O) groups excluding carboxylic acids is 1. The molecule has 2 atom stereocenters. The number of nitrogens with one attached hydrogen (secondary N) is 1. The van der Waals surface area contributed by atoms with E-state index in [1.807, 2.05) is 26.0 Å². The summed E-state index contributed by atoms with van der Waals surface area (Å²) < 4.78 is 11.9. The van der Waals surface area contributed by atoms with Crippen molar-refractivity contribution < 1.29 is 19.4 Å². The molecule has 2 aromatic carbocycles. The highest BCUT2D eigenvalue weighted by Gasteiger charge is 2.53. The summed E-state index contributed by atoms with van der Waals surface area (Å²) >= 11 is 12.6. The van der Waals surface area contributed by atoms with Gasteiger partial charge in [-0.2, -0.15) is 0 Å².